The third-order valence-electron chi connectivity index (χ3n) is 2.79. The van der Waals surface area contributed by atoms with Crippen LogP contribution in [0.4, 0.5) is 14.9 Å². The molecule has 2 unspecified atom stereocenters. The molecule has 0 saturated carbocycles. The molecule has 6 nitrogen and oxygen atoms in total. The number of carbonyl (C=O) groups excluding carboxylic acids is 2. The summed E-state index contributed by atoms with van der Waals surface area (Å²) in [6.07, 6.45) is -3.36. The molecule has 8 heteroatoms. The van der Waals surface area contributed by atoms with E-state index in [1.165, 1.54) is 19.1 Å². The number of nitrogens with one attached hydrogen (secondary N) is 1. The molecule has 2 atom stereocenters. The van der Waals surface area contributed by atoms with Crippen LogP contribution in [-0.4, -0.2) is 38.9 Å². The number of anilines is 1. The Morgan fingerprint density at radius 2 is 1.96 bits per heavy atom. The largest absolute Gasteiger partial charge is 0.444 e. The van der Waals surface area contributed by atoms with E-state index < -0.39 is 29.7 Å². The minimum atomic E-state index is -1.35. The van der Waals surface area contributed by atoms with Gasteiger partial charge in [0.15, 0.2) is 5.12 Å². The van der Waals surface area contributed by atoms with Gasteiger partial charge >= 0.3 is 6.09 Å². The van der Waals surface area contributed by atoms with Crippen molar-refractivity contribution in [2.75, 3.05) is 11.1 Å². The zero-order chi connectivity index (χ0) is 18.5. The van der Waals surface area contributed by atoms with E-state index in [2.05, 4.69) is 5.32 Å². The Balaban J connectivity index is 2.76. The lowest BCUT2D eigenvalue weighted by Gasteiger charge is -2.20. The van der Waals surface area contributed by atoms with Gasteiger partial charge in [0.05, 0.1) is 11.8 Å². The van der Waals surface area contributed by atoms with Crippen LogP contribution in [0.1, 0.15) is 39.4 Å². The number of benzene rings is 1. The lowest BCUT2D eigenvalue weighted by Crippen LogP contribution is -2.27. The first-order valence-electron chi connectivity index (χ1n) is 7.28. The van der Waals surface area contributed by atoms with Crippen molar-refractivity contribution < 1.29 is 28.9 Å². The van der Waals surface area contributed by atoms with Gasteiger partial charge in [0, 0.05) is 12.7 Å². The van der Waals surface area contributed by atoms with Crippen LogP contribution in [0.5, 0.6) is 0 Å². The van der Waals surface area contributed by atoms with Crippen molar-refractivity contribution in [1.82, 2.24) is 0 Å². The first-order chi connectivity index (χ1) is 11.0. The van der Waals surface area contributed by atoms with Gasteiger partial charge in [0.2, 0.25) is 0 Å². The Hall–Kier alpha value is -1.64. The highest BCUT2D eigenvalue weighted by Gasteiger charge is 2.21. The van der Waals surface area contributed by atoms with Gasteiger partial charge in [-0.2, -0.15) is 0 Å². The topological polar surface area (TPSA) is 95.9 Å². The third-order valence-corrected chi connectivity index (χ3v) is 3.71. The summed E-state index contributed by atoms with van der Waals surface area (Å²) >= 11 is 0.867. The lowest BCUT2D eigenvalue weighted by atomic mass is 10.0. The molecule has 0 aromatic heterocycles. The third kappa shape index (κ3) is 6.86. The number of amides is 1. The molecule has 0 aliphatic heterocycles. The fraction of sp³-hybridized carbons (Fsp3) is 0.500. The molecule has 134 valence electrons. The van der Waals surface area contributed by atoms with E-state index in [9.17, 15) is 24.2 Å². The summed E-state index contributed by atoms with van der Waals surface area (Å²) < 4.78 is 19.1. The second-order valence-corrected chi connectivity index (χ2v) is 7.38. The molecule has 0 saturated heterocycles. The maximum Gasteiger partial charge on any atom is 0.412 e. The number of aliphatic hydroxyl groups is 2. The van der Waals surface area contributed by atoms with Gasteiger partial charge in [-0.3, -0.25) is 10.1 Å². The average Bonchev–Trinajstić information content (AvgIpc) is 2.44. The first-order valence-corrected chi connectivity index (χ1v) is 8.27. The molecule has 1 amide bonds. The summed E-state index contributed by atoms with van der Waals surface area (Å²) in [5.74, 6) is -0.778. The molecule has 0 aliphatic carbocycles. The van der Waals surface area contributed by atoms with Crippen molar-refractivity contribution in [2.24, 2.45) is 0 Å². The number of thioether (sulfide) groups is 1. The zero-order valence-electron chi connectivity index (χ0n) is 14.0. The Kier molecular flexibility index (Phi) is 7.19. The maximum absolute atomic E-state index is 14.1. The van der Waals surface area contributed by atoms with Crippen molar-refractivity contribution in [3.63, 3.8) is 0 Å². The smallest absolute Gasteiger partial charge is 0.412 e. The SMILES string of the molecule is CC(=O)SCC(O)C(O)c1ccc(NC(=O)OC(C)(C)C)c(F)c1. The predicted molar refractivity (Wildman–Crippen MR) is 90.4 cm³/mol. The number of ether oxygens (including phenoxy) is 1. The number of carbonyl (C=O) groups is 2. The van der Waals surface area contributed by atoms with Crippen LogP contribution in [0.25, 0.3) is 0 Å². The summed E-state index contributed by atoms with van der Waals surface area (Å²) in [6.45, 7) is 6.40. The highest BCUT2D eigenvalue weighted by Crippen LogP contribution is 2.24. The Morgan fingerprint density at radius 1 is 1.33 bits per heavy atom. The molecular formula is C16H22FNO5S. The molecule has 0 spiro atoms. The van der Waals surface area contributed by atoms with Gasteiger partial charge in [0.1, 0.15) is 17.5 Å². The quantitative estimate of drug-likeness (QED) is 0.748. The van der Waals surface area contributed by atoms with E-state index in [4.69, 9.17) is 4.74 Å². The molecule has 0 radical (unpaired) electrons. The van der Waals surface area contributed by atoms with E-state index in [1.807, 2.05) is 0 Å². The highest BCUT2D eigenvalue weighted by atomic mass is 32.2. The maximum atomic E-state index is 14.1. The van der Waals surface area contributed by atoms with Gasteiger partial charge in [-0.15, -0.1) is 0 Å². The van der Waals surface area contributed by atoms with Gasteiger partial charge in [-0.1, -0.05) is 17.8 Å². The van der Waals surface area contributed by atoms with Gasteiger partial charge < -0.3 is 14.9 Å². The van der Waals surface area contributed by atoms with Crippen molar-refractivity contribution >= 4 is 28.7 Å². The summed E-state index contributed by atoms with van der Waals surface area (Å²) in [6, 6.07) is 3.66. The molecule has 0 aliphatic rings. The van der Waals surface area contributed by atoms with E-state index in [0.29, 0.717) is 0 Å². The number of halogens is 1. The fourth-order valence-corrected chi connectivity index (χ4v) is 2.33. The molecular weight excluding hydrogens is 337 g/mol. The second-order valence-electron chi connectivity index (χ2n) is 6.18. The standard InChI is InChI=1S/C16H22FNO5S/c1-9(19)24-8-13(20)14(21)10-5-6-12(11(17)7-10)18-15(22)23-16(2,3)4/h5-7,13-14,20-21H,8H2,1-4H3,(H,18,22). The molecule has 0 fully saturated rings. The van der Waals surface area contributed by atoms with Crippen molar-refractivity contribution in [3.8, 4) is 0 Å². The highest BCUT2D eigenvalue weighted by molar-refractivity contribution is 8.13. The molecule has 1 aromatic carbocycles. The number of aliphatic hydroxyl groups excluding tert-OH is 2. The molecule has 0 heterocycles. The molecule has 1 aromatic rings. The van der Waals surface area contributed by atoms with Crippen LogP contribution in [0.15, 0.2) is 18.2 Å². The minimum Gasteiger partial charge on any atom is -0.444 e. The van der Waals surface area contributed by atoms with Gasteiger partial charge in [-0.05, 0) is 38.5 Å². The number of hydrogen-bond donors (Lipinski definition) is 3. The van der Waals surface area contributed by atoms with Crippen molar-refractivity contribution in [3.05, 3.63) is 29.6 Å². The van der Waals surface area contributed by atoms with Crippen molar-refractivity contribution in [2.45, 2.75) is 45.5 Å². The Morgan fingerprint density at radius 3 is 2.46 bits per heavy atom. The number of hydrogen-bond acceptors (Lipinski definition) is 6. The van der Waals surface area contributed by atoms with Crippen LogP contribution >= 0.6 is 11.8 Å². The van der Waals surface area contributed by atoms with Crippen molar-refractivity contribution in [1.29, 1.82) is 0 Å². The normalized spacial score (nSPS) is 14.0. The molecule has 0 bridgehead atoms. The molecule has 3 N–H and O–H groups in total. The predicted octanol–water partition coefficient (Wildman–Crippen LogP) is 2.85. The summed E-state index contributed by atoms with van der Waals surface area (Å²) in [5.41, 5.74) is -0.679. The lowest BCUT2D eigenvalue weighted by molar-refractivity contribution is -0.109. The molecule has 1 rings (SSSR count). The summed E-state index contributed by atoms with van der Waals surface area (Å²) in [5, 5.41) is 21.9. The first kappa shape index (κ1) is 20.4. The monoisotopic (exact) mass is 359 g/mol. The summed E-state index contributed by atoms with van der Waals surface area (Å²) in [7, 11) is 0. The Bertz CT molecular complexity index is 603. The van der Waals surface area contributed by atoms with E-state index in [0.717, 1.165) is 17.8 Å². The fourth-order valence-electron chi connectivity index (χ4n) is 1.75. The molecule has 24 heavy (non-hydrogen) atoms. The van der Waals surface area contributed by atoms with Crippen LogP contribution in [-0.2, 0) is 9.53 Å². The van der Waals surface area contributed by atoms with E-state index in [-0.39, 0.29) is 22.1 Å². The van der Waals surface area contributed by atoms with Crippen LogP contribution in [0.3, 0.4) is 0 Å². The zero-order valence-corrected chi connectivity index (χ0v) is 14.8. The average molecular weight is 359 g/mol. The van der Waals surface area contributed by atoms with E-state index in [1.54, 1.807) is 20.8 Å². The van der Waals surface area contributed by atoms with E-state index >= 15 is 0 Å². The van der Waals surface area contributed by atoms with Crippen LogP contribution < -0.4 is 5.32 Å². The van der Waals surface area contributed by atoms with Gasteiger partial charge in [0.25, 0.3) is 0 Å². The Labute approximate surface area is 144 Å². The summed E-state index contributed by atoms with van der Waals surface area (Å²) in [4.78, 5) is 22.5. The number of rotatable bonds is 5. The van der Waals surface area contributed by atoms with Crippen LogP contribution in [0, 0.1) is 5.82 Å². The second kappa shape index (κ2) is 8.46. The van der Waals surface area contributed by atoms with Crippen LogP contribution in [0.2, 0.25) is 0 Å². The van der Waals surface area contributed by atoms with Gasteiger partial charge in [-0.25, -0.2) is 9.18 Å². The minimum absolute atomic E-state index is 0.00394.